The molecule has 0 bridgehead atoms. The minimum atomic E-state index is -0.0590. The van der Waals surface area contributed by atoms with Crippen molar-refractivity contribution in [3.63, 3.8) is 0 Å². The topological polar surface area (TPSA) is 41.1 Å². The summed E-state index contributed by atoms with van der Waals surface area (Å²) in [6, 6.07) is 18.8. The molecular formula is C19H22N2O. The van der Waals surface area contributed by atoms with Crippen LogP contribution in [0.15, 0.2) is 54.6 Å². The van der Waals surface area contributed by atoms with Crippen molar-refractivity contribution in [2.24, 2.45) is 0 Å². The molecule has 0 aromatic heterocycles. The predicted molar refractivity (Wildman–Crippen MR) is 89.4 cm³/mol. The summed E-state index contributed by atoms with van der Waals surface area (Å²) in [5.74, 6) is 0.137. The number of hydrogen-bond acceptors (Lipinski definition) is 2. The van der Waals surface area contributed by atoms with Crippen LogP contribution in [-0.2, 0) is 11.3 Å². The van der Waals surface area contributed by atoms with Gasteiger partial charge in [0.15, 0.2) is 0 Å². The first-order valence-electron chi connectivity index (χ1n) is 7.98. The molecule has 2 aromatic rings. The first-order valence-corrected chi connectivity index (χ1v) is 7.98. The van der Waals surface area contributed by atoms with Crippen molar-refractivity contribution in [3.8, 4) is 11.1 Å². The van der Waals surface area contributed by atoms with Gasteiger partial charge in [0.1, 0.15) is 0 Å². The van der Waals surface area contributed by atoms with Crippen LogP contribution in [0.2, 0.25) is 0 Å². The molecule has 0 aliphatic carbocycles. The quantitative estimate of drug-likeness (QED) is 0.909. The van der Waals surface area contributed by atoms with Crippen molar-refractivity contribution in [2.75, 3.05) is 6.54 Å². The van der Waals surface area contributed by atoms with Gasteiger partial charge in [0, 0.05) is 13.1 Å². The van der Waals surface area contributed by atoms with Gasteiger partial charge in [-0.25, -0.2) is 0 Å². The predicted octanol–water partition coefficient (Wildman–Crippen LogP) is 3.11. The maximum atomic E-state index is 11.9. The van der Waals surface area contributed by atoms with E-state index in [9.17, 15) is 4.79 Å². The van der Waals surface area contributed by atoms with Gasteiger partial charge in [0.05, 0.1) is 6.04 Å². The second-order valence-corrected chi connectivity index (χ2v) is 5.78. The minimum absolute atomic E-state index is 0.0590. The SMILES string of the molecule is O=C1NCCCC[C@@H]1NCc1ccc(-c2ccccc2)cc1. The Bertz CT molecular complexity index is 607. The van der Waals surface area contributed by atoms with Crippen molar-refractivity contribution in [1.82, 2.24) is 10.6 Å². The molecule has 1 fully saturated rings. The van der Waals surface area contributed by atoms with Gasteiger partial charge < -0.3 is 10.6 Å². The summed E-state index contributed by atoms with van der Waals surface area (Å²) in [6.45, 7) is 1.54. The molecule has 2 aromatic carbocycles. The number of nitrogens with one attached hydrogen (secondary N) is 2. The van der Waals surface area contributed by atoms with Gasteiger partial charge in [0.2, 0.25) is 5.91 Å². The largest absolute Gasteiger partial charge is 0.355 e. The Balaban J connectivity index is 1.60. The first-order chi connectivity index (χ1) is 10.8. The van der Waals surface area contributed by atoms with Crippen molar-refractivity contribution in [3.05, 3.63) is 60.2 Å². The normalized spacial score (nSPS) is 18.5. The maximum absolute atomic E-state index is 11.9. The molecule has 0 radical (unpaired) electrons. The molecule has 3 nitrogen and oxygen atoms in total. The van der Waals surface area contributed by atoms with E-state index in [0.717, 1.165) is 32.4 Å². The van der Waals surface area contributed by atoms with E-state index >= 15 is 0 Å². The van der Waals surface area contributed by atoms with E-state index in [2.05, 4.69) is 59.2 Å². The molecular weight excluding hydrogens is 272 g/mol. The zero-order valence-corrected chi connectivity index (χ0v) is 12.7. The Morgan fingerprint density at radius 2 is 1.68 bits per heavy atom. The highest BCUT2D eigenvalue weighted by molar-refractivity contribution is 5.81. The second kappa shape index (κ2) is 7.23. The molecule has 3 rings (SSSR count). The third-order valence-corrected chi connectivity index (χ3v) is 4.15. The summed E-state index contributed by atoms with van der Waals surface area (Å²) in [4.78, 5) is 11.9. The molecule has 1 heterocycles. The van der Waals surface area contributed by atoms with E-state index in [1.54, 1.807) is 0 Å². The van der Waals surface area contributed by atoms with Crippen LogP contribution in [0, 0.1) is 0 Å². The number of rotatable bonds is 4. The summed E-state index contributed by atoms with van der Waals surface area (Å²) >= 11 is 0. The second-order valence-electron chi connectivity index (χ2n) is 5.78. The lowest BCUT2D eigenvalue weighted by atomic mass is 10.0. The molecule has 22 heavy (non-hydrogen) atoms. The lowest BCUT2D eigenvalue weighted by Gasteiger charge is -2.15. The smallest absolute Gasteiger partial charge is 0.237 e. The summed E-state index contributed by atoms with van der Waals surface area (Å²) in [5, 5.41) is 6.33. The average Bonchev–Trinajstić information content (AvgIpc) is 2.78. The molecule has 1 amide bonds. The van der Waals surface area contributed by atoms with Crippen LogP contribution >= 0.6 is 0 Å². The van der Waals surface area contributed by atoms with Crippen LogP contribution in [0.4, 0.5) is 0 Å². The van der Waals surface area contributed by atoms with E-state index in [4.69, 9.17) is 0 Å². The third-order valence-electron chi connectivity index (χ3n) is 4.15. The maximum Gasteiger partial charge on any atom is 0.237 e. The average molecular weight is 294 g/mol. The summed E-state index contributed by atoms with van der Waals surface area (Å²) in [5.41, 5.74) is 3.65. The Kier molecular flexibility index (Phi) is 4.86. The van der Waals surface area contributed by atoms with Gasteiger partial charge in [0.25, 0.3) is 0 Å². The molecule has 0 saturated carbocycles. The highest BCUT2D eigenvalue weighted by Gasteiger charge is 2.19. The van der Waals surface area contributed by atoms with Crippen LogP contribution in [0.1, 0.15) is 24.8 Å². The van der Waals surface area contributed by atoms with Gasteiger partial charge in [-0.3, -0.25) is 4.79 Å². The van der Waals surface area contributed by atoms with Crippen molar-refractivity contribution in [1.29, 1.82) is 0 Å². The zero-order chi connectivity index (χ0) is 15.2. The zero-order valence-electron chi connectivity index (χ0n) is 12.7. The molecule has 0 unspecified atom stereocenters. The molecule has 3 heteroatoms. The molecule has 0 spiro atoms. The standard InChI is InChI=1S/C19H22N2O/c22-19-18(8-4-5-13-20-19)21-14-15-9-11-17(12-10-15)16-6-2-1-3-7-16/h1-3,6-7,9-12,18,21H,4-5,8,13-14H2,(H,20,22)/t18-/m0/s1. The van der Waals surface area contributed by atoms with Gasteiger partial charge in [-0.2, -0.15) is 0 Å². The van der Waals surface area contributed by atoms with Crippen LogP contribution in [-0.4, -0.2) is 18.5 Å². The van der Waals surface area contributed by atoms with Crippen molar-refractivity contribution in [2.45, 2.75) is 31.8 Å². The summed E-state index contributed by atoms with van der Waals surface area (Å²) in [6.07, 6.45) is 3.10. The van der Waals surface area contributed by atoms with E-state index in [0.29, 0.717) is 0 Å². The van der Waals surface area contributed by atoms with Crippen LogP contribution in [0.5, 0.6) is 0 Å². The Morgan fingerprint density at radius 3 is 2.45 bits per heavy atom. The fraction of sp³-hybridized carbons (Fsp3) is 0.316. The Morgan fingerprint density at radius 1 is 0.955 bits per heavy atom. The van der Waals surface area contributed by atoms with E-state index in [1.807, 2.05) is 6.07 Å². The van der Waals surface area contributed by atoms with Gasteiger partial charge in [-0.15, -0.1) is 0 Å². The molecule has 1 aliphatic rings. The monoisotopic (exact) mass is 294 g/mol. The summed E-state index contributed by atoms with van der Waals surface area (Å²) in [7, 11) is 0. The Labute approximate surface area is 131 Å². The molecule has 2 N–H and O–H groups in total. The van der Waals surface area contributed by atoms with E-state index in [-0.39, 0.29) is 11.9 Å². The molecule has 1 atom stereocenters. The molecule has 1 saturated heterocycles. The van der Waals surface area contributed by atoms with Crippen LogP contribution in [0.25, 0.3) is 11.1 Å². The number of carbonyl (C=O) groups is 1. The highest BCUT2D eigenvalue weighted by atomic mass is 16.2. The fourth-order valence-corrected chi connectivity index (χ4v) is 2.82. The van der Waals surface area contributed by atoms with Crippen LogP contribution < -0.4 is 10.6 Å². The minimum Gasteiger partial charge on any atom is -0.355 e. The number of carbonyl (C=O) groups excluding carboxylic acids is 1. The number of hydrogen-bond donors (Lipinski definition) is 2. The third kappa shape index (κ3) is 3.74. The van der Waals surface area contributed by atoms with Crippen molar-refractivity contribution >= 4 is 5.91 Å². The Hall–Kier alpha value is -2.13. The van der Waals surface area contributed by atoms with Gasteiger partial charge in [-0.05, 0) is 36.0 Å². The fourth-order valence-electron chi connectivity index (χ4n) is 2.82. The first kappa shape index (κ1) is 14.8. The van der Waals surface area contributed by atoms with Crippen molar-refractivity contribution < 1.29 is 4.79 Å². The summed E-state index contributed by atoms with van der Waals surface area (Å²) < 4.78 is 0. The van der Waals surface area contributed by atoms with Gasteiger partial charge in [-0.1, -0.05) is 54.6 Å². The molecule has 114 valence electrons. The number of benzene rings is 2. The molecule has 1 aliphatic heterocycles. The lowest BCUT2D eigenvalue weighted by molar-refractivity contribution is -0.122. The van der Waals surface area contributed by atoms with E-state index < -0.39 is 0 Å². The lowest BCUT2D eigenvalue weighted by Crippen LogP contribution is -2.42. The number of amides is 1. The van der Waals surface area contributed by atoms with Gasteiger partial charge >= 0.3 is 0 Å². The highest BCUT2D eigenvalue weighted by Crippen LogP contribution is 2.19. The van der Waals surface area contributed by atoms with Crippen LogP contribution in [0.3, 0.4) is 0 Å². The van der Waals surface area contributed by atoms with E-state index in [1.165, 1.54) is 16.7 Å².